The molecule has 3 saturated heterocycles. The zero-order chi connectivity index (χ0) is 41.8. The number of carbonyl (C=O) groups excluding carboxylic acids is 4. The Hall–Kier alpha value is -5.40. The molecule has 1 aliphatic carbocycles. The third-order valence-corrected chi connectivity index (χ3v) is 14.6. The lowest BCUT2D eigenvalue weighted by Crippen LogP contribution is -2.53. The van der Waals surface area contributed by atoms with Gasteiger partial charge in [0.2, 0.25) is 11.8 Å². The van der Waals surface area contributed by atoms with E-state index in [-0.39, 0.29) is 41.7 Å². The molecule has 5 unspecified atom stereocenters. The van der Waals surface area contributed by atoms with Gasteiger partial charge in [-0.3, -0.25) is 9.59 Å². The molecule has 0 spiro atoms. The van der Waals surface area contributed by atoms with Crippen LogP contribution in [0.15, 0.2) is 42.6 Å². The van der Waals surface area contributed by atoms with Crippen LogP contribution in [0.25, 0.3) is 16.6 Å². The molecule has 3 aromatic rings. The Balaban J connectivity index is 0.999. The molecule has 2 aromatic heterocycles. The Morgan fingerprint density at radius 1 is 0.966 bits per heavy atom. The van der Waals surface area contributed by atoms with Crippen molar-refractivity contribution in [3.8, 4) is 11.8 Å². The molecule has 7 rings (SSSR count). The van der Waals surface area contributed by atoms with E-state index in [1.54, 1.807) is 0 Å². The van der Waals surface area contributed by atoms with Crippen LogP contribution < -0.4 is 10.6 Å². The van der Waals surface area contributed by atoms with Crippen molar-refractivity contribution in [1.29, 1.82) is 0 Å². The SMILES string of the molecule is COC(=O)NC(C(=O)N1C[Si](C)(C)CC1c1nc2ccc(C#CC3C=CC(c4cnc(C5CCCN5C(=O)C(NC(=O)OC)C5CCOCC5)[nH]4)=CC3)cc2[nH]1)C(C)C. The summed E-state index contributed by atoms with van der Waals surface area (Å²) in [5, 5.41) is 5.55. The molecule has 15 nitrogen and oxygen atoms in total. The van der Waals surface area contributed by atoms with Crippen LogP contribution in [-0.2, 0) is 23.8 Å². The molecular weight excluding hydrogens is 769 g/mol. The van der Waals surface area contributed by atoms with Crippen molar-refractivity contribution in [3.63, 3.8) is 0 Å². The molecule has 4 N–H and O–H groups in total. The lowest BCUT2D eigenvalue weighted by molar-refractivity contribution is -0.137. The van der Waals surface area contributed by atoms with Gasteiger partial charge in [0.25, 0.3) is 0 Å². The predicted molar refractivity (Wildman–Crippen MR) is 224 cm³/mol. The minimum absolute atomic E-state index is 0.0258. The molecule has 4 aliphatic rings. The van der Waals surface area contributed by atoms with Crippen molar-refractivity contribution in [3.05, 3.63) is 65.5 Å². The first-order chi connectivity index (χ1) is 28.3. The fraction of sp³-hybridized carbons (Fsp3) is 0.535. The maximum absolute atomic E-state index is 13.9. The van der Waals surface area contributed by atoms with Crippen molar-refractivity contribution in [2.24, 2.45) is 17.8 Å². The van der Waals surface area contributed by atoms with E-state index in [9.17, 15) is 19.2 Å². The number of nitrogens with zero attached hydrogens (tertiary/aromatic N) is 4. The van der Waals surface area contributed by atoms with Gasteiger partial charge in [0.1, 0.15) is 23.7 Å². The summed E-state index contributed by atoms with van der Waals surface area (Å²) in [4.78, 5) is 72.5. The Kier molecular flexibility index (Phi) is 12.6. The summed E-state index contributed by atoms with van der Waals surface area (Å²) in [6, 6.07) is 5.00. The maximum atomic E-state index is 13.9. The molecule has 0 saturated carbocycles. The Morgan fingerprint density at radius 3 is 2.44 bits per heavy atom. The molecule has 59 heavy (non-hydrogen) atoms. The largest absolute Gasteiger partial charge is 0.453 e. The van der Waals surface area contributed by atoms with Gasteiger partial charge in [-0.1, -0.05) is 57.0 Å². The first kappa shape index (κ1) is 41.7. The normalized spacial score (nSPS) is 22.7. The highest BCUT2D eigenvalue weighted by Crippen LogP contribution is 2.38. The van der Waals surface area contributed by atoms with Crippen molar-refractivity contribution in [2.45, 2.75) is 89.3 Å². The number of rotatable bonds is 9. The summed E-state index contributed by atoms with van der Waals surface area (Å²) < 4.78 is 15.2. The van der Waals surface area contributed by atoms with Crippen LogP contribution in [0.1, 0.15) is 80.9 Å². The summed E-state index contributed by atoms with van der Waals surface area (Å²) in [7, 11) is 0.848. The molecule has 0 radical (unpaired) electrons. The van der Waals surface area contributed by atoms with Crippen LogP contribution in [0.3, 0.4) is 0 Å². The number of H-pyrrole nitrogens is 2. The molecule has 314 valence electrons. The van der Waals surface area contributed by atoms with Gasteiger partial charge in [0.05, 0.1) is 57.3 Å². The number of aromatic amines is 2. The number of aromatic nitrogens is 4. The van der Waals surface area contributed by atoms with Crippen LogP contribution in [-0.4, -0.2) is 114 Å². The molecule has 4 amide bonds. The van der Waals surface area contributed by atoms with E-state index in [1.807, 2.05) is 48.0 Å². The van der Waals surface area contributed by atoms with Gasteiger partial charge in [0.15, 0.2) is 0 Å². The number of imidazole rings is 2. The quantitative estimate of drug-likeness (QED) is 0.157. The van der Waals surface area contributed by atoms with Gasteiger partial charge < -0.3 is 44.6 Å². The number of hydrogen-bond donors (Lipinski definition) is 4. The average Bonchev–Trinajstić information content (AvgIpc) is 4.06. The van der Waals surface area contributed by atoms with Gasteiger partial charge in [-0.25, -0.2) is 19.6 Å². The summed E-state index contributed by atoms with van der Waals surface area (Å²) >= 11 is 0. The summed E-state index contributed by atoms with van der Waals surface area (Å²) in [6.45, 7) is 10.1. The molecular formula is C43H56N8O7Si. The predicted octanol–water partition coefficient (Wildman–Crippen LogP) is 5.62. The maximum Gasteiger partial charge on any atom is 0.407 e. The topological polar surface area (TPSA) is 184 Å². The number of hydrogen-bond acceptors (Lipinski definition) is 9. The van der Waals surface area contributed by atoms with Crippen molar-refractivity contribution in [1.82, 2.24) is 40.4 Å². The van der Waals surface area contributed by atoms with Crippen LogP contribution >= 0.6 is 0 Å². The Labute approximate surface area is 346 Å². The second-order valence-corrected chi connectivity index (χ2v) is 22.2. The molecule has 0 bridgehead atoms. The molecule has 3 fully saturated rings. The summed E-state index contributed by atoms with van der Waals surface area (Å²) in [5.74, 6) is 7.89. The number of carbonyl (C=O) groups is 4. The summed E-state index contributed by atoms with van der Waals surface area (Å²) in [5.41, 5.74) is 4.42. The van der Waals surface area contributed by atoms with Crippen LogP contribution in [0.5, 0.6) is 0 Å². The monoisotopic (exact) mass is 824 g/mol. The number of fused-ring (bicyclic) bond motifs is 1. The second kappa shape index (κ2) is 17.8. The number of alkyl carbamates (subject to hydrolysis) is 2. The highest BCUT2D eigenvalue weighted by Gasteiger charge is 2.46. The minimum atomic E-state index is -1.76. The fourth-order valence-electron chi connectivity index (χ4n) is 8.75. The van der Waals surface area contributed by atoms with Gasteiger partial charge >= 0.3 is 12.2 Å². The number of methoxy groups -OCH3 is 2. The number of amides is 4. The molecule has 5 heterocycles. The van der Waals surface area contributed by atoms with Crippen molar-refractivity contribution < 1.29 is 33.4 Å². The van der Waals surface area contributed by atoms with E-state index in [4.69, 9.17) is 24.2 Å². The van der Waals surface area contributed by atoms with E-state index >= 15 is 0 Å². The molecule has 3 aliphatic heterocycles. The first-order valence-electron chi connectivity index (χ1n) is 20.7. The van der Waals surface area contributed by atoms with Crippen LogP contribution in [0, 0.1) is 29.6 Å². The van der Waals surface area contributed by atoms with Gasteiger partial charge in [-0.05, 0) is 73.8 Å². The number of benzene rings is 1. The van der Waals surface area contributed by atoms with Crippen molar-refractivity contribution >= 4 is 48.7 Å². The minimum Gasteiger partial charge on any atom is -0.453 e. The second-order valence-electron chi connectivity index (χ2n) is 17.1. The number of ether oxygens (including phenoxy) is 3. The average molecular weight is 825 g/mol. The first-order valence-corrected chi connectivity index (χ1v) is 24.1. The van der Waals surface area contributed by atoms with Crippen molar-refractivity contribution in [2.75, 3.05) is 40.1 Å². The third-order valence-electron chi connectivity index (χ3n) is 11.9. The van der Waals surface area contributed by atoms with Crippen LogP contribution in [0.4, 0.5) is 9.59 Å². The van der Waals surface area contributed by atoms with E-state index in [1.165, 1.54) is 14.2 Å². The van der Waals surface area contributed by atoms with E-state index in [2.05, 4.69) is 63.8 Å². The fourth-order valence-corrected chi connectivity index (χ4v) is 11.6. The number of likely N-dealkylation sites (tertiary alicyclic amines) is 1. The zero-order valence-corrected chi connectivity index (χ0v) is 35.8. The molecule has 16 heteroatoms. The lowest BCUT2D eigenvalue weighted by atomic mass is 9.90. The smallest absolute Gasteiger partial charge is 0.407 e. The third kappa shape index (κ3) is 9.41. The number of nitrogens with one attached hydrogen (secondary N) is 4. The Morgan fingerprint density at radius 2 is 1.73 bits per heavy atom. The van der Waals surface area contributed by atoms with Crippen LogP contribution in [0.2, 0.25) is 19.1 Å². The van der Waals surface area contributed by atoms with Gasteiger partial charge in [-0.2, -0.15) is 0 Å². The standard InChI is InChI=1S/C43H56N8O7Si/c1-26(2)36(48-42(54)56-3)40(52)51-25-59(5,6)24-35(51)39-45-31-16-13-28(22-32(31)46-39)10-9-27-11-14-29(15-12-27)33-23-44-38(47-33)34-8-7-19-50(34)41(53)37(49-43(55)57-4)30-17-20-58-21-18-30/h11,13-16,22-23,26-27,30,34-37H,7-8,12,17-21,24-25H2,1-6H3,(H,44,47)(H,45,46)(H,48,54)(H,49,55). The molecule has 5 atom stereocenters. The molecule has 1 aromatic carbocycles. The Bertz CT molecular complexity index is 2180. The highest BCUT2D eigenvalue weighted by atomic mass is 28.3. The van der Waals surface area contributed by atoms with E-state index in [0.29, 0.717) is 38.8 Å². The van der Waals surface area contributed by atoms with E-state index < -0.39 is 32.3 Å². The summed E-state index contributed by atoms with van der Waals surface area (Å²) in [6.07, 6.45) is 11.3. The van der Waals surface area contributed by atoms with Gasteiger partial charge in [0, 0.05) is 37.4 Å². The number of allylic oxidation sites excluding steroid dienone is 4. The highest BCUT2D eigenvalue weighted by molar-refractivity contribution is 6.78. The zero-order valence-electron chi connectivity index (χ0n) is 34.8. The lowest BCUT2D eigenvalue weighted by Gasteiger charge is -2.34. The van der Waals surface area contributed by atoms with E-state index in [0.717, 1.165) is 64.8 Å². The van der Waals surface area contributed by atoms with Gasteiger partial charge in [-0.15, -0.1) is 0 Å².